The summed E-state index contributed by atoms with van der Waals surface area (Å²) in [5.74, 6) is -1.32. The summed E-state index contributed by atoms with van der Waals surface area (Å²) < 4.78 is 6.68. The fraction of sp³-hybridized carbons (Fsp3) is 0.462. The first-order valence-corrected chi connectivity index (χ1v) is 13.4. The molecule has 174 valence electrons. The molecule has 0 saturated heterocycles. The molecule has 2 aromatic rings. The molecule has 6 heteroatoms. The molecule has 32 heavy (non-hydrogen) atoms. The Balaban J connectivity index is 2.31. The number of hydrogen-bond acceptors (Lipinski definition) is 3. The molecular formula is C26H37NO4Si. The third-order valence-electron chi connectivity index (χ3n) is 5.77. The van der Waals surface area contributed by atoms with E-state index in [4.69, 9.17) is 4.43 Å². The second-order valence-corrected chi connectivity index (χ2v) is 13.5. The molecule has 1 amide bonds. The molecule has 0 aromatic heterocycles. The third-order valence-corrected chi connectivity index (χ3v) is 10.8. The lowest BCUT2D eigenvalue weighted by molar-refractivity contribution is -0.142. The van der Waals surface area contributed by atoms with E-state index in [0.29, 0.717) is 6.42 Å². The summed E-state index contributed by atoms with van der Waals surface area (Å²) in [5.41, 5.74) is 0. The first-order chi connectivity index (χ1) is 15.2. The van der Waals surface area contributed by atoms with Gasteiger partial charge in [-0.25, -0.2) is 4.79 Å². The lowest BCUT2D eigenvalue weighted by Crippen LogP contribution is -2.67. The number of unbranched alkanes of at least 4 members (excludes halogenated alkanes) is 3. The van der Waals surface area contributed by atoms with Crippen molar-refractivity contribution < 1.29 is 19.1 Å². The normalized spacial score (nSPS) is 12.9. The van der Waals surface area contributed by atoms with Gasteiger partial charge < -0.3 is 14.8 Å². The highest BCUT2D eigenvalue weighted by Crippen LogP contribution is 2.36. The lowest BCUT2D eigenvalue weighted by atomic mass is 10.1. The second-order valence-electron chi connectivity index (χ2n) is 9.24. The Morgan fingerprint density at radius 2 is 1.47 bits per heavy atom. The summed E-state index contributed by atoms with van der Waals surface area (Å²) in [7, 11) is -2.86. The molecule has 1 atom stereocenters. The molecule has 0 aliphatic heterocycles. The minimum atomic E-state index is -2.86. The standard InChI is InChI=1S/C26H37NO4Si/c1-5-6-7-14-19-24(28)27-23(25(29)30)20-31-32(26(2,3)4,21-15-10-8-11-16-21)22-17-12-9-13-18-22/h8-13,15-18,23H,5-7,14,19-20H2,1-4H3,(H,27,28)(H,29,30)/t23-/m0/s1. The number of benzene rings is 2. The van der Waals surface area contributed by atoms with Gasteiger partial charge in [0.25, 0.3) is 8.32 Å². The van der Waals surface area contributed by atoms with Crippen molar-refractivity contribution in [3.05, 3.63) is 60.7 Å². The van der Waals surface area contributed by atoms with Gasteiger partial charge in [-0.1, -0.05) is 108 Å². The summed E-state index contributed by atoms with van der Waals surface area (Å²) in [6.07, 6.45) is 4.24. The first-order valence-electron chi connectivity index (χ1n) is 11.5. The van der Waals surface area contributed by atoms with Crippen molar-refractivity contribution in [2.24, 2.45) is 0 Å². The molecule has 0 radical (unpaired) electrons. The van der Waals surface area contributed by atoms with Crippen molar-refractivity contribution in [1.82, 2.24) is 5.32 Å². The van der Waals surface area contributed by atoms with E-state index in [9.17, 15) is 14.7 Å². The van der Waals surface area contributed by atoms with Crippen LogP contribution in [0.4, 0.5) is 0 Å². The Morgan fingerprint density at radius 1 is 0.938 bits per heavy atom. The van der Waals surface area contributed by atoms with Crippen LogP contribution in [0.25, 0.3) is 0 Å². The number of hydrogen-bond donors (Lipinski definition) is 2. The SMILES string of the molecule is CCCCCCC(=O)N[C@@H](CO[Si](c1ccccc1)(c1ccccc1)C(C)(C)C)C(=O)O. The van der Waals surface area contributed by atoms with Crippen LogP contribution in [-0.2, 0) is 14.0 Å². The minimum Gasteiger partial charge on any atom is -0.480 e. The Kier molecular flexibility index (Phi) is 9.66. The van der Waals surface area contributed by atoms with Gasteiger partial charge in [0.15, 0.2) is 0 Å². The van der Waals surface area contributed by atoms with Crippen LogP contribution in [0.5, 0.6) is 0 Å². The Bertz CT molecular complexity index is 810. The number of amides is 1. The van der Waals surface area contributed by atoms with Crippen LogP contribution in [0, 0.1) is 0 Å². The molecular weight excluding hydrogens is 418 g/mol. The number of carbonyl (C=O) groups is 2. The molecule has 0 heterocycles. The maximum atomic E-state index is 12.4. The van der Waals surface area contributed by atoms with E-state index in [-0.39, 0.29) is 17.6 Å². The quantitative estimate of drug-likeness (QED) is 0.373. The molecule has 0 aliphatic rings. The molecule has 0 bridgehead atoms. The number of rotatable bonds is 12. The summed E-state index contributed by atoms with van der Waals surface area (Å²) >= 11 is 0. The van der Waals surface area contributed by atoms with Gasteiger partial charge >= 0.3 is 5.97 Å². The maximum absolute atomic E-state index is 12.4. The fourth-order valence-corrected chi connectivity index (χ4v) is 8.70. The van der Waals surface area contributed by atoms with Crippen LogP contribution in [0.1, 0.15) is 59.8 Å². The van der Waals surface area contributed by atoms with Crippen LogP contribution in [0.2, 0.25) is 5.04 Å². The van der Waals surface area contributed by atoms with Crippen molar-refractivity contribution >= 4 is 30.6 Å². The minimum absolute atomic E-state index is 0.0800. The molecule has 2 aromatic carbocycles. The molecule has 0 spiro atoms. The smallest absolute Gasteiger partial charge is 0.328 e. The van der Waals surface area contributed by atoms with E-state index in [2.05, 4.69) is 57.3 Å². The van der Waals surface area contributed by atoms with Gasteiger partial charge in [-0.05, 0) is 21.8 Å². The molecule has 0 fully saturated rings. The van der Waals surface area contributed by atoms with Crippen molar-refractivity contribution in [3.63, 3.8) is 0 Å². The van der Waals surface area contributed by atoms with Gasteiger partial charge in [0, 0.05) is 6.42 Å². The van der Waals surface area contributed by atoms with Gasteiger partial charge in [-0.3, -0.25) is 4.79 Å². The van der Waals surface area contributed by atoms with Crippen LogP contribution in [0.15, 0.2) is 60.7 Å². The van der Waals surface area contributed by atoms with E-state index in [1.807, 2.05) is 36.4 Å². The average molecular weight is 456 g/mol. The maximum Gasteiger partial charge on any atom is 0.328 e. The largest absolute Gasteiger partial charge is 0.480 e. The van der Waals surface area contributed by atoms with E-state index in [0.717, 1.165) is 36.1 Å². The zero-order chi connectivity index (χ0) is 23.6. The number of carbonyl (C=O) groups excluding carboxylic acids is 1. The molecule has 2 N–H and O–H groups in total. The number of carboxylic acids is 1. The van der Waals surface area contributed by atoms with Crippen molar-refractivity contribution in [2.75, 3.05) is 6.61 Å². The van der Waals surface area contributed by atoms with Gasteiger partial charge in [0.2, 0.25) is 5.91 Å². The van der Waals surface area contributed by atoms with E-state index >= 15 is 0 Å². The monoisotopic (exact) mass is 455 g/mol. The lowest BCUT2D eigenvalue weighted by Gasteiger charge is -2.43. The highest BCUT2D eigenvalue weighted by Gasteiger charge is 2.50. The topological polar surface area (TPSA) is 75.6 Å². The number of nitrogens with one attached hydrogen (secondary N) is 1. The second kappa shape index (κ2) is 12.0. The average Bonchev–Trinajstić information content (AvgIpc) is 2.76. The summed E-state index contributed by atoms with van der Waals surface area (Å²) in [5, 5.41) is 14.4. The summed E-state index contributed by atoms with van der Waals surface area (Å²) in [6, 6.07) is 19.0. The predicted octanol–water partition coefficient (Wildman–Crippen LogP) is 4.10. The molecule has 2 rings (SSSR count). The van der Waals surface area contributed by atoms with Crippen LogP contribution in [-0.4, -0.2) is 37.9 Å². The van der Waals surface area contributed by atoms with Crippen LogP contribution in [0.3, 0.4) is 0 Å². The molecule has 0 aliphatic carbocycles. The summed E-state index contributed by atoms with van der Waals surface area (Å²) in [6.45, 7) is 8.45. The molecule has 0 saturated carbocycles. The van der Waals surface area contributed by atoms with Crippen molar-refractivity contribution in [3.8, 4) is 0 Å². The third kappa shape index (κ3) is 6.53. The van der Waals surface area contributed by atoms with Gasteiger partial charge in [0.1, 0.15) is 6.04 Å². The van der Waals surface area contributed by atoms with Crippen LogP contribution < -0.4 is 15.7 Å². The van der Waals surface area contributed by atoms with Crippen molar-refractivity contribution in [2.45, 2.75) is 70.9 Å². The Labute approximate surface area is 193 Å². The van der Waals surface area contributed by atoms with E-state index in [1.54, 1.807) is 0 Å². The Hall–Kier alpha value is -2.44. The molecule has 5 nitrogen and oxygen atoms in total. The van der Waals surface area contributed by atoms with E-state index in [1.165, 1.54) is 0 Å². The Morgan fingerprint density at radius 3 is 1.91 bits per heavy atom. The number of aliphatic carboxylic acids is 1. The van der Waals surface area contributed by atoms with Gasteiger partial charge in [-0.2, -0.15) is 0 Å². The summed E-state index contributed by atoms with van der Waals surface area (Å²) in [4.78, 5) is 24.3. The van der Waals surface area contributed by atoms with Crippen molar-refractivity contribution in [1.29, 1.82) is 0 Å². The number of carboxylic acid groups (broad SMARTS) is 1. The zero-order valence-corrected chi connectivity index (χ0v) is 20.8. The highest BCUT2D eigenvalue weighted by molar-refractivity contribution is 6.99. The zero-order valence-electron chi connectivity index (χ0n) is 19.8. The molecule has 0 unspecified atom stereocenters. The highest BCUT2D eigenvalue weighted by atomic mass is 28.4. The van der Waals surface area contributed by atoms with Crippen LogP contribution >= 0.6 is 0 Å². The first kappa shape index (κ1) is 25.8. The van der Waals surface area contributed by atoms with E-state index < -0.39 is 20.3 Å². The van der Waals surface area contributed by atoms with Gasteiger partial charge in [-0.15, -0.1) is 0 Å². The fourth-order valence-electron chi connectivity index (χ4n) is 4.12. The van der Waals surface area contributed by atoms with Gasteiger partial charge in [0.05, 0.1) is 6.61 Å². The predicted molar refractivity (Wildman–Crippen MR) is 132 cm³/mol.